The van der Waals surface area contributed by atoms with E-state index in [1.54, 1.807) is 12.1 Å². The van der Waals surface area contributed by atoms with Crippen LogP contribution < -0.4 is 15.2 Å². The zero-order chi connectivity index (χ0) is 17.5. The number of rotatable bonds is 7. The van der Waals surface area contributed by atoms with Crippen molar-refractivity contribution in [3.8, 4) is 11.5 Å². The maximum atomic E-state index is 11.8. The van der Waals surface area contributed by atoms with Gasteiger partial charge in [0, 0.05) is 18.7 Å². The SMILES string of the molecule is CCc1ccc(OCC(=O)NCc2cc([N+](=O)[O-])ccc2[O-])cc1. The summed E-state index contributed by atoms with van der Waals surface area (Å²) < 4.78 is 5.35. The molecule has 0 aliphatic carbocycles. The highest BCUT2D eigenvalue weighted by atomic mass is 16.6. The highest BCUT2D eigenvalue weighted by Gasteiger charge is 2.08. The fourth-order valence-corrected chi connectivity index (χ4v) is 2.03. The average molecular weight is 329 g/mol. The maximum Gasteiger partial charge on any atom is 0.269 e. The number of amides is 1. The number of benzene rings is 2. The molecule has 0 saturated heterocycles. The van der Waals surface area contributed by atoms with E-state index in [1.165, 1.54) is 5.56 Å². The van der Waals surface area contributed by atoms with E-state index in [4.69, 9.17) is 4.74 Å². The van der Waals surface area contributed by atoms with Crippen LogP contribution in [-0.2, 0) is 17.8 Å². The van der Waals surface area contributed by atoms with Gasteiger partial charge < -0.3 is 15.2 Å². The number of nitrogens with one attached hydrogen (secondary N) is 1. The summed E-state index contributed by atoms with van der Waals surface area (Å²) >= 11 is 0. The topological polar surface area (TPSA) is 105 Å². The van der Waals surface area contributed by atoms with Crippen LogP contribution in [0.3, 0.4) is 0 Å². The van der Waals surface area contributed by atoms with Crippen molar-refractivity contribution in [2.45, 2.75) is 19.9 Å². The molecule has 0 aliphatic heterocycles. The van der Waals surface area contributed by atoms with Crippen LogP contribution in [0.2, 0.25) is 0 Å². The van der Waals surface area contributed by atoms with Crippen LogP contribution in [0.4, 0.5) is 5.69 Å². The van der Waals surface area contributed by atoms with Crippen molar-refractivity contribution in [3.63, 3.8) is 0 Å². The standard InChI is InChI=1S/C17H18N2O5/c1-2-12-3-6-15(7-4-12)24-11-17(21)18-10-13-9-14(19(22)23)5-8-16(13)20/h3-9,20H,2,10-11H2,1H3,(H,18,21)/p-1. The number of nitro benzene ring substituents is 1. The molecule has 0 spiro atoms. The summed E-state index contributed by atoms with van der Waals surface area (Å²) in [6.07, 6.45) is 0.918. The molecule has 0 aromatic heterocycles. The van der Waals surface area contributed by atoms with E-state index in [-0.39, 0.29) is 30.2 Å². The van der Waals surface area contributed by atoms with E-state index in [0.29, 0.717) is 5.75 Å². The van der Waals surface area contributed by atoms with Crippen molar-refractivity contribution in [1.82, 2.24) is 5.32 Å². The molecule has 0 heterocycles. The van der Waals surface area contributed by atoms with Crippen molar-refractivity contribution in [3.05, 3.63) is 63.7 Å². The zero-order valence-electron chi connectivity index (χ0n) is 13.2. The number of aryl methyl sites for hydroxylation is 1. The third-order valence-electron chi connectivity index (χ3n) is 3.43. The van der Waals surface area contributed by atoms with Gasteiger partial charge in [0.2, 0.25) is 0 Å². The predicted octanol–water partition coefficient (Wildman–Crippen LogP) is 1.93. The second-order valence-corrected chi connectivity index (χ2v) is 5.11. The number of carbonyl (C=O) groups is 1. The summed E-state index contributed by atoms with van der Waals surface area (Å²) in [5.74, 6) is -0.209. The van der Waals surface area contributed by atoms with Gasteiger partial charge in [0.25, 0.3) is 11.6 Å². The zero-order valence-corrected chi connectivity index (χ0v) is 13.2. The lowest BCUT2D eigenvalue weighted by molar-refractivity contribution is -0.385. The smallest absolute Gasteiger partial charge is 0.269 e. The average Bonchev–Trinajstić information content (AvgIpc) is 2.59. The van der Waals surface area contributed by atoms with Crippen LogP contribution in [0, 0.1) is 10.1 Å². The Hall–Kier alpha value is -3.09. The lowest BCUT2D eigenvalue weighted by Gasteiger charge is -2.14. The molecule has 2 aromatic carbocycles. The molecule has 1 N–H and O–H groups in total. The number of carbonyl (C=O) groups excluding carboxylic acids is 1. The number of nitro groups is 1. The summed E-state index contributed by atoms with van der Waals surface area (Å²) in [5.41, 5.74) is 1.14. The second kappa shape index (κ2) is 7.96. The van der Waals surface area contributed by atoms with Crippen LogP contribution in [0.5, 0.6) is 11.5 Å². The molecule has 0 bridgehead atoms. The first-order valence-corrected chi connectivity index (χ1v) is 7.42. The van der Waals surface area contributed by atoms with E-state index < -0.39 is 10.8 Å². The Morgan fingerprint density at radius 2 is 1.92 bits per heavy atom. The molecule has 24 heavy (non-hydrogen) atoms. The fraction of sp³-hybridized carbons (Fsp3) is 0.235. The van der Waals surface area contributed by atoms with Crippen molar-refractivity contribution >= 4 is 11.6 Å². The van der Waals surface area contributed by atoms with E-state index >= 15 is 0 Å². The molecule has 2 rings (SSSR count). The van der Waals surface area contributed by atoms with Gasteiger partial charge >= 0.3 is 0 Å². The Morgan fingerprint density at radius 1 is 1.21 bits per heavy atom. The van der Waals surface area contributed by atoms with E-state index in [1.807, 2.05) is 19.1 Å². The summed E-state index contributed by atoms with van der Waals surface area (Å²) in [4.78, 5) is 21.9. The number of non-ortho nitro benzene ring substituents is 1. The maximum absolute atomic E-state index is 11.8. The van der Waals surface area contributed by atoms with Gasteiger partial charge in [0.15, 0.2) is 6.61 Å². The van der Waals surface area contributed by atoms with Gasteiger partial charge in [-0.05, 0) is 29.7 Å². The van der Waals surface area contributed by atoms with Gasteiger partial charge in [-0.25, -0.2) is 0 Å². The molecule has 126 valence electrons. The van der Waals surface area contributed by atoms with E-state index in [0.717, 1.165) is 24.6 Å². The number of hydrogen-bond donors (Lipinski definition) is 1. The Morgan fingerprint density at radius 3 is 2.54 bits per heavy atom. The van der Waals surface area contributed by atoms with Crippen molar-refractivity contribution in [1.29, 1.82) is 0 Å². The molecule has 1 amide bonds. The second-order valence-electron chi connectivity index (χ2n) is 5.11. The summed E-state index contributed by atoms with van der Waals surface area (Å²) in [5, 5.41) is 24.9. The van der Waals surface area contributed by atoms with E-state index in [9.17, 15) is 20.0 Å². The molecule has 7 nitrogen and oxygen atoms in total. The van der Waals surface area contributed by atoms with E-state index in [2.05, 4.69) is 5.32 Å². The largest absolute Gasteiger partial charge is 0.872 e. The molecular weight excluding hydrogens is 312 g/mol. The first-order valence-electron chi connectivity index (χ1n) is 7.42. The van der Waals surface area contributed by atoms with Gasteiger partial charge in [-0.3, -0.25) is 14.9 Å². The predicted molar refractivity (Wildman–Crippen MR) is 85.7 cm³/mol. The normalized spacial score (nSPS) is 10.2. The molecule has 0 saturated carbocycles. The van der Waals surface area contributed by atoms with Crippen molar-refractivity contribution in [2.75, 3.05) is 6.61 Å². The molecule has 0 atom stereocenters. The van der Waals surface area contributed by atoms with Gasteiger partial charge in [0.1, 0.15) is 5.75 Å². The third-order valence-corrected chi connectivity index (χ3v) is 3.43. The van der Waals surface area contributed by atoms with Gasteiger partial charge in [-0.2, -0.15) is 0 Å². The van der Waals surface area contributed by atoms with Crippen molar-refractivity contribution < 1.29 is 19.6 Å². The molecule has 0 unspecified atom stereocenters. The highest BCUT2D eigenvalue weighted by molar-refractivity contribution is 5.77. The quantitative estimate of drug-likeness (QED) is 0.617. The Balaban J connectivity index is 1.86. The summed E-state index contributed by atoms with van der Waals surface area (Å²) in [7, 11) is 0. The Bertz CT molecular complexity index is 728. The lowest BCUT2D eigenvalue weighted by Crippen LogP contribution is -2.28. The minimum Gasteiger partial charge on any atom is -0.872 e. The first-order chi connectivity index (χ1) is 11.5. The monoisotopic (exact) mass is 329 g/mol. The molecule has 0 fully saturated rings. The van der Waals surface area contributed by atoms with Crippen LogP contribution in [0.1, 0.15) is 18.1 Å². The number of hydrogen-bond acceptors (Lipinski definition) is 5. The third kappa shape index (κ3) is 4.70. The van der Waals surface area contributed by atoms with Crippen LogP contribution in [0.25, 0.3) is 0 Å². The highest BCUT2D eigenvalue weighted by Crippen LogP contribution is 2.20. The summed E-state index contributed by atoms with van der Waals surface area (Å²) in [6.45, 7) is 1.76. The molecule has 0 aliphatic rings. The van der Waals surface area contributed by atoms with Gasteiger partial charge in [-0.1, -0.05) is 25.1 Å². The number of nitrogens with zero attached hydrogens (tertiary/aromatic N) is 1. The summed E-state index contributed by atoms with van der Waals surface area (Å²) in [6, 6.07) is 10.8. The molecule has 0 radical (unpaired) electrons. The van der Waals surface area contributed by atoms with Crippen molar-refractivity contribution in [2.24, 2.45) is 0 Å². The lowest BCUT2D eigenvalue weighted by atomic mass is 10.2. The van der Waals surface area contributed by atoms with Crippen LogP contribution in [-0.4, -0.2) is 17.4 Å². The number of ether oxygens (including phenoxy) is 1. The molecule has 7 heteroatoms. The minimum atomic E-state index is -0.589. The first kappa shape index (κ1) is 17.3. The van der Waals surface area contributed by atoms with Gasteiger partial charge in [0.05, 0.1) is 4.92 Å². The van der Waals surface area contributed by atoms with Crippen LogP contribution >= 0.6 is 0 Å². The molecular formula is C17H17N2O5-. The fourth-order valence-electron chi connectivity index (χ4n) is 2.03. The minimum absolute atomic E-state index is 0.0858. The Kier molecular flexibility index (Phi) is 5.73. The van der Waals surface area contributed by atoms with Gasteiger partial charge in [-0.15, -0.1) is 5.75 Å². The van der Waals surface area contributed by atoms with Crippen LogP contribution in [0.15, 0.2) is 42.5 Å². The molecule has 2 aromatic rings. The Labute approximate surface area is 139 Å².